The normalized spacial score (nSPS) is 13.2. The number of nitrogens with zero attached hydrogens (tertiary/aromatic N) is 4. The number of hydrogen-bond donors (Lipinski definition) is 1. The number of amides is 2. The van der Waals surface area contributed by atoms with E-state index in [1.54, 1.807) is 30.6 Å². The van der Waals surface area contributed by atoms with Gasteiger partial charge in [0, 0.05) is 37.1 Å². The third kappa shape index (κ3) is 6.04. The van der Waals surface area contributed by atoms with Crippen molar-refractivity contribution in [2.24, 2.45) is 0 Å². The van der Waals surface area contributed by atoms with E-state index >= 15 is 0 Å². The van der Waals surface area contributed by atoms with Crippen LogP contribution in [0.5, 0.6) is 5.88 Å². The highest BCUT2D eigenvalue weighted by atomic mass is 19.4. The highest BCUT2D eigenvalue weighted by Crippen LogP contribution is 2.29. The average molecular weight is 488 g/mol. The number of aromatic nitrogens is 3. The molecule has 1 aromatic carbocycles. The van der Waals surface area contributed by atoms with Crippen molar-refractivity contribution in [3.8, 4) is 29.5 Å². The summed E-state index contributed by atoms with van der Waals surface area (Å²) in [5.41, 5.74) is 2.72. The predicted molar refractivity (Wildman–Crippen MR) is 127 cm³/mol. The maximum Gasteiger partial charge on any atom is 0.408 e. The monoisotopic (exact) mass is 487 g/mol. The first kappa shape index (κ1) is 25.9. The van der Waals surface area contributed by atoms with E-state index < -0.39 is 24.3 Å². The smallest absolute Gasteiger partial charge is 0.408 e. The van der Waals surface area contributed by atoms with Gasteiger partial charge < -0.3 is 19.4 Å². The van der Waals surface area contributed by atoms with Crippen molar-refractivity contribution in [3.05, 3.63) is 48.4 Å². The zero-order valence-electron chi connectivity index (χ0n) is 19.8. The van der Waals surface area contributed by atoms with Gasteiger partial charge >= 0.3 is 12.2 Å². The van der Waals surface area contributed by atoms with E-state index in [1.807, 2.05) is 30.5 Å². The van der Waals surface area contributed by atoms with Crippen molar-refractivity contribution in [2.75, 3.05) is 13.7 Å². The average Bonchev–Trinajstić information content (AvgIpc) is 3.31. The molecular formula is C25H28F3N5O2. The number of ether oxygens (including phenoxy) is 1. The molecule has 7 nitrogen and oxygen atoms in total. The lowest BCUT2D eigenvalue weighted by atomic mass is 10.0. The molecule has 0 spiro atoms. The molecule has 2 atom stereocenters. The molecule has 186 valence electrons. The molecule has 2 unspecified atom stereocenters. The van der Waals surface area contributed by atoms with Crippen molar-refractivity contribution in [3.63, 3.8) is 0 Å². The fraction of sp³-hybridized carbons (Fsp3) is 0.400. The lowest BCUT2D eigenvalue weighted by Gasteiger charge is -2.31. The molecule has 0 aliphatic heterocycles. The lowest BCUT2D eigenvalue weighted by molar-refractivity contribution is -0.155. The Kier molecular flexibility index (Phi) is 8.22. The van der Waals surface area contributed by atoms with E-state index in [1.165, 1.54) is 12.0 Å². The van der Waals surface area contributed by atoms with Crippen LogP contribution in [0.15, 0.2) is 42.9 Å². The molecule has 0 fully saturated rings. The topological polar surface area (TPSA) is 71.8 Å². The molecule has 2 amide bonds. The summed E-state index contributed by atoms with van der Waals surface area (Å²) in [5.74, 6) is 2.69. The van der Waals surface area contributed by atoms with Gasteiger partial charge in [-0.05, 0) is 38.3 Å². The summed E-state index contributed by atoms with van der Waals surface area (Å²) in [6.45, 7) is 3.72. The molecule has 0 aliphatic carbocycles. The van der Waals surface area contributed by atoms with Crippen LogP contribution in [-0.2, 0) is 0 Å². The first-order chi connectivity index (χ1) is 16.7. The second kappa shape index (κ2) is 11.1. The van der Waals surface area contributed by atoms with Crippen LogP contribution in [0.2, 0.25) is 0 Å². The number of halogens is 3. The van der Waals surface area contributed by atoms with Gasteiger partial charge in [0.15, 0.2) is 5.65 Å². The summed E-state index contributed by atoms with van der Waals surface area (Å²) >= 11 is 0. The van der Waals surface area contributed by atoms with Gasteiger partial charge in [0.25, 0.3) is 5.88 Å². The lowest BCUT2D eigenvalue weighted by Crippen LogP contribution is -2.51. The minimum absolute atomic E-state index is 0.169. The van der Waals surface area contributed by atoms with Crippen molar-refractivity contribution in [1.29, 1.82) is 0 Å². The minimum atomic E-state index is -4.57. The van der Waals surface area contributed by atoms with Gasteiger partial charge in [-0.25, -0.2) is 14.8 Å². The Balaban J connectivity index is 1.83. The van der Waals surface area contributed by atoms with Crippen LogP contribution in [-0.4, -0.2) is 51.2 Å². The van der Waals surface area contributed by atoms with Crippen LogP contribution in [0.1, 0.15) is 44.7 Å². The molecule has 3 rings (SSSR count). The summed E-state index contributed by atoms with van der Waals surface area (Å²) in [5, 5.41) is 2.15. The molecule has 0 radical (unpaired) electrons. The second-order valence-electron chi connectivity index (χ2n) is 8.02. The van der Waals surface area contributed by atoms with Gasteiger partial charge in [0.1, 0.15) is 6.04 Å². The SMILES string of the molecule is C#CCCCC(NC(=O)N(CC)C(C)c1cccc(-c2cn3ccnc3c(OC)n2)c1)C(F)(F)F. The molecule has 1 N–H and O–H groups in total. The first-order valence-corrected chi connectivity index (χ1v) is 11.2. The maximum absolute atomic E-state index is 13.5. The van der Waals surface area contributed by atoms with E-state index in [4.69, 9.17) is 11.2 Å². The Morgan fingerprint density at radius 2 is 2.14 bits per heavy atom. The van der Waals surface area contributed by atoms with Crippen molar-refractivity contribution < 1.29 is 22.7 Å². The summed E-state index contributed by atoms with van der Waals surface area (Å²) in [6.07, 6.45) is 5.92. The molecule has 0 saturated carbocycles. The number of unbranched alkanes of at least 4 members (excludes halogenated alkanes) is 1. The van der Waals surface area contributed by atoms with Crippen LogP contribution in [0.25, 0.3) is 16.9 Å². The minimum Gasteiger partial charge on any atom is -0.478 e. The van der Waals surface area contributed by atoms with E-state index in [-0.39, 0.29) is 25.8 Å². The number of carbonyl (C=O) groups excluding carboxylic acids is 1. The Morgan fingerprint density at radius 3 is 2.80 bits per heavy atom. The van der Waals surface area contributed by atoms with E-state index in [2.05, 4.69) is 21.2 Å². The van der Waals surface area contributed by atoms with Gasteiger partial charge in [-0.15, -0.1) is 12.3 Å². The number of alkyl halides is 3. The summed E-state index contributed by atoms with van der Waals surface area (Å²) < 4.78 is 47.6. The van der Waals surface area contributed by atoms with Crippen molar-refractivity contribution in [1.82, 2.24) is 24.6 Å². The first-order valence-electron chi connectivity index (χ1n) is 11.2. The molecule has 35 heavy (non-hydrogen) atoms. The quantitative estimate of drug-likeness (QED) is 0.331. The second-order valence-corrected chi connectivity index (χ2v) is 8.02. The summed E-state index contributed by atoms with van der Waals surface area (Å²) in [6, 6.07) is 4.13. The Morgan fingerprint density at radius 1 is 1.37 bits per heavy atom. The number of fused-ring (bicyclic) bond motifs is 1. The van der Waals surface area contributed by atoms with E-state index in [0.29, 0.717) is 17.2 Å². The zero-order chi connectivity index (χ0) is 25.6. The van der Waals surface area contributed by atoms with Crippen LogP contribution < -0.4 is 10.1 Å². The number of terminal acetylenes is 1. The number of rotatable bonds is 9. The van der Waals surface area contributed by atoms with Crippen LogP contribution in [0.3, 0.4) is 0 Å². The number of nitrogens with one attached hydrogen (secondary N) is 1. The summed E-state index contributed by atoms with van der Waals surface area (Å²) in [4.78, 5) is 23.0. The fourth-order valence-electron chi connectivity index (χ4n) is 3.87. The van der Waals surface area contributed by atoms with Crippen molar-refractivity contribution in [2.45, 2.75) is 51.4 Å². The number of imidazole rings is 1. The molecule has 0 saturated heterocycles. The Labute approximate surface area is 202 Å². The molecule has 0 aliphatic rings. The van der Waals surface area contributed by atoms with Gasteiger partial charge in [-0.1, -0.05) is 18.2 Å². The maximum atomic E-state index is 13.5. The van der Waals surface area contributed by atoms with Gasteiger partial charge in [-0.2, -0.15) is 13.2 Å². The molecule has 2 aromatic heterocycles. The number of urea groups is 1. The van der Waals surface area contributed by atoms with E-state index in [9.17, 15) is 18.0 Å². The summed E-state index contributed by atoms with van der Waals surface area (Å²) in [7, 11) is 1.51. The Hall–Kier alpha value is -3.74. The third-order valence-corrected chi connectivity index (χ3v) is 5.78. The highest BCUT2D eigenvalue weighted by Gasteiger charge is 2.41. The molecule has 10 heteroatoms. The van der Waals surface area contributed by atoms with Crippen molar-refractivity contribution >= 4 is 11.7 Å². The van der Waals surface area contributed by atoms with Gasteiger partial charge in [-0.3, -0.25) is 0 Å². The standard InChI is InChI=1S/C25H28F3N5O2/c1-5-7-8-12-21(25(26,27)28)31-24(34)33(6-2)17(3)18-10-9-11-19(15-18)20-16-32-14-13-29-22(32)23(30-20)35-4/h1,9-11,13-17,21H,6-8,12H2,2-4H3,(H,31,34). The van der Waals surface area contributed by atoms with E-state index in [0.717, 1.165) is 11.1 Å². The van der Waals surface area contributed by atoms with Crippen LogP contribution in [0.4, 0.5) is 18.0 Å². The predicted octanol–water partition coefficient (Wildman–Crippen LogP) is 5.23. The molecule has 3 aromatic rings. The van der Waals surface area contributed by atoms with Gasteiger partial charge in [0.2, 0.25) is 0 Å². The molecule has 2 heterocycles. The Bertz CT molecular complexity index is 1200. The third-order valence-electron chi connectivity index (χ3n) is 5.78. The number of carbonyl (C=O) groups is 1. The fourth-order valence-corrected chi connectivity index (χ4v) is 3.87. The number of hydrogen-bond acceptors (Lipinski definition) is 4. The largest absolute Gasteiger partial charge is 0.478 e. The van der Waals surface area contributed by atoms with Crippen LogP contribution in [0, 0.1) is 12.3 Å². The molecular weight excluding hydrogens is 459 g/mol. The van der Waals surface area contributed by atoms with Crippen LogP contribution >= 0.6 is 0 Å². The molecule has 0 bridgehead atoms. The zero-order valence-corrected chi connectivity index (χ0v) is 19.8. The highest BCUT2D eigenvalue weighted by molar-refractivity contribution is 5.75. The van der Waals surface area contributed by atoms with Gasteiger partial charge in [0.05, 0.1) is 18.8 Å². The number of methoxy groups -OCH3 is 1. The number of benzene rings is 1.